The lowest BCUT2D eigenvalue weighted by molar-refractivity contribution is 0.572. The summed E-state index contributed by atoms with van der Waals surface area (Å²) in [5, 5.41) is 2.08. The van der Waals surface area contributed by atoms with Gasteiger partial charge in [0.2, 0.25) is 0 Å². The highest BCUT2D eigenvalue weighted by molar-refractivity contribution is 7.13. The van der Waals surface area contributed by atoms with Crippen LogP contribution in [0, 0.1) is 6.92 Å². The van der Waals surface area contributed by atoms with Crippen LogP contribution in [0.3, 0.4) is 0 Å². The summed E-state index contributed by atoms with van der Waals surface area (Å²) >= 11 is 1.72. The summed E-state index contributed by atoms with van der Waals surface area (Å²) in [5.74, 6) is 2.09. The summed E-state index contributed by atoms with van der Waals surface area (Å²) in [5.41, 5.74) is 0. The van der Waals surface area contributed by atoms with Crippen LogP contribution in [0.25, 0.3) is 10.7 Å². The molecule has 5 heteroatoms. The Balaban J connectivity index is 1.78. The summed E-state index contributed by atoms with van der Waals surface area (Å²) in [6, 6.07) is 4.16. The number of aryl methyl sites for hydroxylation is 3. The summed E-state index contributed by atoms with van der Waals surface area (Å²) in [4.78, 5) is 9.87. The van der Waals surface area contributed by atoms with Crippen molar-refractivity contribution in [1.82, 2.24) is 19.1 Å². The van der Waals surface area contributed by atoms with Crippen molar-refractivity contribution in [2.24, 2.45) is 0 Å². The standard InChI is InChI=1S/C13H14N4S/c1-11-14-4-6-16(11)8-9-17-7-5-15-13(17)12-3-2-10-18-12/h2-7,10H,8-9H2,1H3. The zero-order valence-corrected chi connectivity index (χ0v) is 11.0. The van der Waals surface area contributed by atoms with Gasteiger partial charge < -0.3 is 9.13 Å². The molecule has 0 saturated carbocycles. The second kappa shape index (κ2) is 4.78. The number of thiophene rings is 1. The number of hydrogen-bond acceptors (Lipinski definition) is 3. The lowest BCUT2D eigenvalue weighted by Crippen LogP contribution is -2.08. The van der Waals surface area contributed by atoms with Crippen LogP contribution >= 0.6 is 11.3 Å². The first-order chi connectivity index (χ1) is 8.84. The fraction of sp³-hybridized carbons (Fsp3) is 0.231. The maximum atomic E-state index is 4.43. The normalized spacial score (nSPS) is 10.9. The van der Waals surface area contributed by atoms with E-state index in [1.807, 2.05) is 31.7 Å². The van der Waals surface area contributed by atoms with E-state index in [1.165, 1.54) is 4.88 Å². The minimum atomic E-state index is 0.907. The highest BCUT2D eigenvalue weighted by Gasteiger charge is 2.06. The Labute approximate surface area is 110 Å². The summed E-state index contributed by atoms with van der Waals surface area (Å²) in [6.45, 7) is 3.85. The van der Waals surface area contributed by atoms with Crippen LogP contribution in [0.4, 0.5) is 0 Å². The van der Waals surface area contributed by atoms with Crippen molar-refractivity contribution in [3.63, 3.8) is 0 Å². The quantitative estimate of drug-likeness (QED) is 0.721. The van der Waals surface area contributed by atoms with Gasteiger partial charge in [0.05, 0.1) is 4.88 Å². The molecule has 0 aromatic carbocycles. The molecule has 0 aliphatic heterocycles. The topological polar surface area (TPSA) is 35.6 Å². The van der Waals surface area contributed by atoms with E-state index in [0.717, 1.165) is 24.7 Å². The fourth-order valence-corrected chi connectivity index (χ4v) is 2.71. The van der Waals surface area contributed by atoms with Crippen LogP contribution in [0.1, 0.15) is 5.82 Å². The van der Waals surface area contributed by atoms with E-state index >= 15 is 0 Å². The smallest absolute Gasteiger partial charge is 0.150 e. The molecule has 3 rings (SSSR count). The molecule has 0 saturated heterocycles. The highest BCUT2D eigenvalue weighted by Crippen LogP contribution is 2.22. The summed E-state index contributed by atoms with van der Waals surface area (Å²) in [7, 11) is 0. The van der Waals surface area contributed by atoms with Crippen molar-refractivity contribution >= 4 is 11.3 Å². The second-order valence-electron chi connectivity index (χ2n) is 4.09. The van der Waals surface area contributed by atoms with Gasteiger partial charge >= 0.3 is 0 Å². The third-order valence-corrected chi connectivity index (χ3v) is 3.83. The molecule has 3 heterocycles. The second-order valence-corrected chi connectivity index (χ2v) is 5.04. The molecular weight excluding hydrogens is 244 g/mol. The van der Waals surface area contributed by atoms with Gasteiger partial charge in [-0.3, -0.25) is 0 Å². The molecule has 3 aromatic heterocycles. The van der Waals surface area contributed by atoms with Crippen LogP contribution < -0.4 is 0 Å². The number of rotatable bonds is 4. The SMILES string of the molecule is Cc1nccn1CCn1ccnc1-c1cccs1. The van der Waals surface area contributed by atoms with Gasteiger partial charge in [0.25, 0.3) is 0 Å². The summed E-state index contributed by atoms with van der Waals surface area (Å²) < 4.78 is 4.34. The molecular formula is C13H14N4S. The Morgan fingerprint density at radius 1 is 1.11 bits per heavy atom. The zero-order chi connectivity index (χ0) is 12.4. The fourth-order valence-electron chi connectivity index (χ4n) is 1.98. The first kappa shape index (κ1) is 11.2. The molecule has 0 bridgehead atoms. The first-order valence-corrected chi connectivity index (χ1v) is 6.75. The van der Waals surface area contributed by atoms with E-state index in [4.69, 9.17) is 0 Å². The predicted octanol–water partition coefficient (Wildman–Crippen LogP) is 2.82. The molecule has 4 nitrogen and oxygen atoms in total. The minimum absolute atomic E-state index is 0.907. The van der Waals surface area contributed by atoms with E-state index in [2.05, 4.69) is 36.6 Å². The molecule has 0 atom stereocenters. The molecule has 0 spiro atoms. The first-order valence-electron chi connectivity index (χ1n) is 5.87. The molecule has 0 radical (unpaired) electrons. The zero-order valence-electron chi connectivity index (χ0n) is 10.2. The number of hydrogen-bond donors (Lipinski definition) is 0. The molecule has 3 aromatic rings. The van der Waals surface area contributed by atoms with Gasteiger partial charge in [0, 0.05) is 37.9 Å². The Morgan fingerprint density at radius 3 is 2.61 bits per heavy atom. The van der Waals surface area contributed by atoms with Gasteiger partial charge in [0.15, 0.2) is 0 Å². The third-order valence-electron chi connectivity index (χ3n) is 2.96. The molecule has 18 heavy (non-hydrogen) atoms. The highest BCUT2D eigenvalue weighted by atomic mass is 32.1. The maximum Gasteiger partial charge on any atom is 0.150 e. The molecule has 0 aliphatic carbocycles. The molecule has 0 unspecified atom stereocenters. The van der Waals surface area contributed by atoms with Gasteiger partial charge in [-0.15, -0.1) is 11.3 Å². The van der Waals surface area contributed by atoms with Crippen LogP contribution in [0.2, 0.25) is 0 Å². The van der Waals surface area contributed by atoms with Crippen molar-refractivity contribution in [2.75, 3.05) is 0 Å². The molecule has 0 N–H and O–H groups in total. The van der Waals surface area contributed by atoms with E-state index < -0.39 is 0 Å². The van der Waals surface area contributed by atoms with Crippen LogP contribution in [-0.2, 0) is 13.1 Å². The Kier molecular flexibility index (Phi) is 2.98. The lowest BCUT2D eigenvalue weighted by Gasteiger charge is -2.08. The monoisotopic (exact) mass is 258 g/mol. The maximum absolute atomic E-state index is 4.43. The summed E-state index contributed by atoms with van der Waals surface area (Å²) in [6.07, 6.45) is 7.73. The van der Waals surface area contributed by atoms with Gasteiger partial charge in [0.1, 0.15) is 11.6 Å². The average molecular weight is 258 g/mol. The predicted molar refractivity (Wildman–Crippen MR) is 72.5 cm³/mol. The number of aromatic nitrogens is 4. The van der Waals surface area contributed by atoms with E-state index in [1.54, 1.807) is 11.3 Å². The largest absolute Gasteiger partial charge is 0.333 e. The van der Waals surface area contributed by atoms with Gasteiger partial charge in [-0.1, -0.05) is 6.07 Å². The van der Waals surface area contributed by atoms with Crippen molar-refractivity contribution in [1.29, 1.82) is 0 Å². The minimum Gasteiger partial charge on any atom is -0.333 e. The van der Waals surface area contributed by atoms with Crippen LogP contribution in [-0.4, -0.2) is 19.1 Å². The molecule has 0 fully saturated rings. The van der Waals surface area contributed by atoms with Gasteiger partial charge in [-0.2, -0.15) is 0 Å². The van der Waals surface area contributed by atoms with E-state index in [0.29, 0.717) is 0 Å². The average Bonchev–Trinajstić information content (AvgIpc) is 3.07. The van der Waals surface area contributed by atoms with Crippen molar-refractivity contribution in [2.45, 2.75) is 20.0 Å². The van der Waals surface area contributed by atoms with E-state index in [-0.39, 0.29) is 0 Å². The lowest BCUT2D eigenvalue weighted by atomic mass is 10.4. The van der Waals surface area contributed by atoms with Gasteiger partial charge in [-0.05, 0) is 18.4 Å². The Hall–Kier alpha value is -1.88. The number of imidazole rings is 2. The van der Waals surface area contributed by atoms with Crippen LogP contribution in [0.5, 0.6) is 0 Å². The Morgan fingerprint density at radius 2 is 1.89 bits per heavy atom. The Bertz CT molecular complexity index is 621. The van der Waals surface area contributed by atoms with E-state index in [9.17, 15) is 0 Å². The van der Waals surface area contributed by atoms with Crippen LogP contribution in [0.15, 0.2) is 42.3 Å². The third kappa shape index (κ3) is 2.09. The van der Waals surface area contributed by atoms with Crippen molar-refractivity contribution in [3.05, 3.63) is 48.1 Å². The molecule has 0 aliphatic rings. The molecule has 92 valence electrons. The number of nitrogens with zero attached hydrogens (tertiary/aromatic N) is 4. The van der Waals surface area contributed by atoms with Crippen molar-refractivity contribution in [3.8, 4) is 10.7 Å². The molecule has 0 amide bonds. The van der Waals surface area contributed by atoms with Crippen molar-refractivity contribution < 1.29 is 0 Å². The van der Waals surface area contributed by atoms with Gasteiger partial charge in [-0.25, -0.2) is 9.97 Å².